The van der Waals surface area contributed by atoms with Crippen molar-refractivity contribution >= 4 is 46.7 Å². The van der Waals surface area contributed by atoms with E-state index in [0.717, 1.165) is 10.5 Å². The Labute approximate surface area is 296 Å². The number of alkyl carbamates (subject to hydrolysis) is 1. The molecule has 1 aliphatic heterocycles. The highest BCUT2D eigenvalue weighted by Gasteiger charge is 2.51. The van der Waals surface area contributed by atoms with Gasteiger partial charge in [0.2, 0.25) is 11.8 Å². The van der Waals surface area contributed by atoms with Gasteiger partial charge in [0, 0.05) is 12.1 Å². The molecule has 0 aromatic heterocycles. The topological polar surface area (TPSA) is 207 Å². The number of likely N-dealkylation sites (tertiary alicyclic amines) is 1. The summed E-state index contributed by atoms with van der Waals surface area (Å²) in [7, 11) is 1.21. The number of carbonyl (C=O) groups excluding carboxylic acids is 5. The number of nitrogens with zero attached hydrogens (tertiary/aromatic N) is 2. The van der Waals surface area contributed by atoms with Crippen LogP contribution >= 0.6 is 0 Å². The van der Waals surface area contributed by atoms with Crippen LogP contribution in [0, 0.1) is 10.1 Å². The molecule has 268 valence electrons. The van der Waals surface area contributed by atoms with Crippen LogP contribution in [0.15, 0.2) is 95.9 Å². The Morgan fingerprint density at radius 1 is 0.922 bits per heavy atom. The van der Waals surface area contributed by atoms with E-state index in [0.29, 0.717) is 16.7 Å². The average molecular weight is 721 g/mol. The van der Waals surface area contributed by atoms with Crippen molar-refractivity contribution in [1.82, 2.24) is 15.5 Å². The number of esters is 2. The fraction of sp³-hybridized carbons (Fsp3) is 0.286. The van der Waals surface area contributed by atoms with E-state index in [1.807, 2.05) is 6.07 Å². The second kappa shape index (κ2) is 18.3. The van der Waals surface area contributed by atoms with Gasteiger partial charge in [-0.1, -0.05) is 60.7 Å². The van der Waals surface area contributed by atoms with Gasteiger partial charge in [0.05, 0.1) is 24.5 Å². The third kappa shape index (κ3) is 10.9. The summed E-state index contributed by atoms with van der Waals surface area (Å²) in [6, 6.07) is 19.2. The molecule has 0 aliphatic carbocycles. The van der Waals surface area contributed by atoms with Gasteiger partial charge >= 0.3 is 18.0 Å². The average Bonchev–Trinajstić information content (AvgIpc) is 3.14. The molecule has 1 heterocycles. The number of nitrogens with one attached hydrogen (secondary N) is 2. The molecule has 1 fully saturated rings. The summed E-state index contributed by atoms with van der Waals surface area (Å²) in [5.74, 6) is -2.82. The van der Waals surface area contributed by atoms with Gasteiger partial charge in [0.1, 0.15) is 43.0 Å². The fourth-order valence-corrected chi connectivity index (χ4v) is 6.16. The Morgan fingerprint density at radius 2 is 1.53 bits per heavy atom. The minimum atomic E-state index is -1.68. The van der Waals surface area contributed by atoms with E-state index in [-0.39, 0.29) is 31.1 Å². The first kappa shape index (κ1) is 38.1. The molecule has 0 spiro atoms. The zero-order valence-electron chi connectivity index (χ0n) is 27.7. The van der Waals surface area contributed by atoms with Gasteiger partial charge in [-0.2, -0.15) is 0 Å². The Morgan fingerprint density at radius 3 is 2.16 bits per heavy atom. The van der Waals surface area contributed by atoms with Gasteiger partial charge in [0.15, 0.2) is 0 Å². The number of benzene rings is 3. The molecule has 0 saturated carbocycles. The molecular weight excluding hydrogens is 684 g/mol. The quantitative estimate of drug-likeness (QED) is 0.0549. The Hall–Kier alpha value is -5.74. The van der Waals surface area contributed by atoms with Gasteiger partial charge in [-0.3, -0.25) is 29.3 Å². The Bertz CT molecular complexity index is 1740. The molecule has 1 aliphatic rings. The number of non-ortho nitro benzene ring substituents is 1. The summed E-state index contributed by atoms with van der Waals surface area (Å²) in [6.07, 6.45) is -1.01. The molecule has 2 N–H and O–H groups in total. The molecule has 4 atom stereocenters. The van der Waals surface area contributed by atoms with E-state index in [2.05, 4.69) is 15.4 Å². The normalized spacial score (nSPS) is 16.6. The van der Waals surface area contributed by atoms with Gasteiger partial charge in [0.25, 0.3) is 5.69 Å². The predicted octanol–water partition coefficient (Wildman–Crippen LogP) is 3.22. The number of hydrogen-bond acceptors (Lipinski definition) is 11. The monoisotopic (exact) mass is 720 g/mol. The van der Waals surface area contributed by atoms with Crippen LogP contribution in [0.5, 0.6) is 0 Å². The second-order valence-corrected chi connectivity index (χ2v) is 12.7. The third-order valence-corrected chi connectivity index (χ3v) is 8.97. The maximum absolute atomic E-state index is 13.7. The van der Waals surface area contributed by atoms with Crippen LogP contribution in [0.4, 0.5) is 10.5 Å². The molecule has 16 heteroatoms. The van der Waals surface area contributed by atoms with Gasteiger partial charge < -0.3 is 34.3 Å². The Kier molecular flexibility index (Phi) is 13.7. The Balaban J connectivity index is 1.49. The lowest BCUT2D eigenvalue weighted by Crippen LogP contribution is -2.72. The summed E-state index contributed by atoms with van der Waals surface area (Å²) in [4.78, 5) is 75.9. The van der Waals surface area contributed by atoms with Crippen LogP contribution in [0.3, 0.4) is 0 Å². The molecule has 0 bridgehead atoms. The zero-order valence-corrected chi connectivity index (χ0v) is 28.5. The van der Waals surface area contributed by atoms with Gasteiger partial charge in [-0.15, -0.1) is 0 Å². The molecule has 0 radical (unpaired) electrons. The van der Waals surface area contributed by atoms with Crippen molar-refractivity contribution in [2.75, 3.05) is 19.4 Å². The largest absolute Gasteiger partial charge is 0.612 e. The summed E-state index contributed by atoms with van der Waals surface area (Å²) in [5, 5.41) is 17.5. The highest BCUT2D eigenvalue weighted by Crippen LogP contribution is 2.28. The second-order valence-electron chi connectivity index (χ2n) is 11.3. The molecule has 3 amide bonds. The van der Waals surface area contributed by atoms with E-state index in [1.165, 1.54) is 36.8 Å². The lowest BCUT2D eigenvalue weighted by atomic mass is 9.89. The van der Waals surface area contributed by atoms with Crippen LogP contribution in [0.2, 0.25) is 0 Å². The summed E-state index contributed by atoms with van der Waals surface area (Å²) >= 11 is -1.68. The van der Waals surface area contributed by atoms with Crippen molar-refractivity contribution in [3.05, 3.63) is 123 Å². The van der Waals surface area contributed by atoms with Crippen molar-refractivity contribution in [3.63, 3.8) is 0 Å². The number of β-lactam (4-membered cyclic amide) rings is 1. The SMILES string of the molecule is COC(=O)CC[S+]([O-])C=C(C)C1C(NC(=O)C(NC(=O)OCc2ccccc2)c2ccccc2)C(=O)N1CC(=O)OCc1ccc([N+](=O)[O-])cc1. The van der Waals surface area contributed by atoms with Crippen LogP contribution < -0.4 is 10.6 Å². The molecule has 3 aromatic rings. The highest BCUT2D eigenvalue weighted by atomic mass is 32.2. The van der Waals surface area contributed by atoms with Crippen molar-refractivity contribution in [2.45, 2.75) is 44.7 Å². The number of rotatable bonds is 16. The summed E-state index contributed by atoms with van der Waals surface area (Å²) in [5.41, 5.74) is 1.83. The molecule has 4 rings (SSSR count). The first-order valence-electron chi connectivity index (χ1n) is 15.6. The number of ether oxygens (including phenoxy) is 3. The number of hydrogen-bond donors (Lipinski definition) is 2. The lowest BCUT2D eigenvalue weighted by Gasteiger charge is -2.47. The number of amides is 3. The van der Waals surface area contributed by atoms with Gasteiger partial charge in [-0.25, -0.2) is 4.79 Å². The molecular formula is C35H36N4O11S. The van der Waals surface area contributed by atoms with E-state index < -0.39 is 70.6 Å². The smallest absolute Gasteiger partial charge is 0.408 e. The van der Waals surface area contributed by atoms with Gasteiger partial charge in [-0.05, 0) is 52.5 Å². The van der Waals surface area contributed by atoms with E-state index in [9.17, 15) is 38.6 Å². The van der Waals surface area contributed by atoms with Crippen molar-refractivity contribution < 1.29 is 47.7 Å². The fourth-order valence-electron chi connectivity index (χ4n) is 5.12. The lowest BCUT2D eigenvalue weighted by molar-refractivity contribution is -0.384. The third-order valence-electron chi connectivity index (χ3n) is 7.73. The zero-order chi connectivity index (χ0) is 36.9. The molecule has 3 aromatic carbocycles. The van der Waals surface area contributed by atoms with Crippen LogP contribution in [0.25, 0.3) is 0 Å². The van der Waals surface area contributed by atoms with Crippen molar-refractivity contribution in [3.8, 4) is 0 Å². The molecule has 51 heavy (non-hydrogen) atoms. The minimum absolute atomic E-state index is 0.0503. The standard InChI is InChI=1S/C35H36N4O11S/c1-23(22-51(47)18-17-28(40)48-2)32-31(34(43)38(32)19-29(41)49-20-25-13-15-27(16-14-25)39(45)46)36-33(42)30(26-11-7-4-8-12-26)37-35(44)50-21-24-9-5-3-6-10-24/h3-16,22,30-32H,17-21H2,1-2H3,(H,36,42)(H,37,44). The van der Waals surface area contributed by atoms with E-state index in [1.54, 1.807) is 61.5 Å². The van der Waals surface area contributed by atoms with Crippen molar-refractivity contribution in [1.29, 1.82) is 0 Å². The molecule has 15 nitrogen and oxygen atoms in total. The van der Waals surface area contributed by atoms with Crippen LogP contribution in [0.1, 0.15) is 36.1 Å². The number of carbonyl (C=O) groups is 5. The van der Waals surface area contributed by atoms with E-state index >= 15 is 0 Å². The first-order chi connectivity index (χ1) is 24.5. The number of nitro groups is 1. The minimum Gasteiger partial charge on any atom is -0.612 e. The summed E-state index contributed by atoms with van der Waals surface area (Å²) in [6.45, 7) is 0.761. The van der Waals surface area contributed by atoms with Crippen LogP contribution in [-0.4, -0.2) is 75.7 Å². The maximum Gasteiger partial charge on any atom is 0.408 e. The first-order valence-corrected chi connectivity index (χ1v) is 17.0. The maximum atomic E-state index is 13.7. The highest BCUT2D eigenvalue weighted by molar-refractivity contribution is 7.94. The number of methoxy groups -OCH3 is 1. The van der Waals surface area contributed by atoms with E-state index in [4.69, 9.17) is 9.47 Å². The summed E-state index contributed by atoms with van der Waals surface area (Å²) < 4.78 is 28.0. The number of nitro benzene ring substituents is 1. The molecule has 4 unspecified atom stereocenters. The van der Waals surface area contributed by atoms with Crippen molar-refractivity contribution in [2.24, 2.45) is 0 Å². The molecule has 1 saturated heterocycles. The predicted molar refractivity (Wildman–Crippen MR) is 183 cm³/mol. The van der Waals surface area contributed by atoms with Crippen LogP contribution in [-0.2, 0) is 57.8 Å².